The van der Waals surface area contributed by atoms with Gasteiger partial charge < -0.3 is 10.1 Å². The maximum absolute atomic E-state index is 5.13. The van der Waals surface area contributed by atoms with Crippen molar-refractivity contribution in [3.05, 3.63) is 0 Å². The first-order valence-electron chi connectivity index (χ1n) is 4.61. The predicted octanol–water partition coefficient (Wildman–Crippen LogP) is 1.16. The van der Waals surface area contributed by atoms with Gasteiger partial charge >= 0.3 is 0 Å². The fourth-order valence-electron chi connectivity index (χ4n) is 1.71. The van der Waals surface area contributed by atoms with Crippen LogP contribution in [0, 0.1) is 5.92 Å². The van der Waals surface area contributed by atoms with Gasteiger partial charge in [-0.25, -0.2) is 0 Å². The number of rotatable bonds is 4. The quantitative estimate of drug-likeness (QED) is 0.658. The first-order valence-corrected chi connectivity index (χ1v) is 4.61. The Balaban J connectivity index is 1.65. The van der Waals surface area contributed by atoms with Crippen LogP contribution < -0.4 is 5.32 Å². The van der Waals surface area contributed by atoms with Crippen LogP contribution in [0.25, 0.3) is 0 Å². The lowest BCUT2D eigenvalue weighted by atomic mass is 9.97. The molecule has 1 aliphatic heterocycles. The van der Waals surface area contributed by atoms with E-state index in [-0.39, 0.29) is 0 Å². The minimum atomic E-state index is 0.551. The standard InChI is InChI=1S/C9H17NO/c1-10-9(4-5-9)3-2-8-6-11-7-8/h8,10H,2-7H2,1H3. The van der Waals surface area contributed by atoms with Gasteiger partial charge in [0.1, 0.15) is 0 Å². The van der Waals surface area contributed by atoms with Crippen LogP contribution in [0.3, 0.4) is 0 Å². The Morgan fingerprint density at radius 1 is 1.45 bits per heavy atom. The van der Waals surface area contributed by atoms with Gasteiger partial charge in [0, 0.05) is 11.5 Å². The van der Waals surface area contributed by atoms with Gasteiger partial charge in [0.2, 0.25) is 0 Å². The fraction of sp³-hybridized carbons (Fsp3) is 1.00. The van der Waals surface area contributed by atoms with E-state index in [0.29, 0.717) is 5.54 Å². The average Bonchev–Trinajstić information content (AvgIpc) is 2.66. The van der Waals surface area contributed by atoms with Crippen molar-refractivity contribution in [1.29, 1.82) is 0 Å². The lowest BCUT2D eigenvalue weighted by Gasteiger charge is -2.27. The number of hydrogen-bond donors (Lipinski definition) is 1. The Kier molecular flexibility index (Phi) is 1.90. The van der Waals surface area contributed by atoms with Crippen LogP contribution in [0.4, 0.5) is 0 Å². The molecule has 0 bridgehead atoms. The molecule has 11 heavy (non-hydrogen) atoms. The highest BCUT2D eigenvalue weighted by Gasteiger charge is 2.41. The SMILES string of the molecule is CNC1(CCC2COC2)CC1. The molecular weight excluding hydrogens is 138 g/mol. The Hall–Kier alpha value is -0.0800. The fourth-order valence-corrected chi connectivity index (χ4v) is 1.71. The third kappa shape index (κ3) is 1.57. The molecule has 64 valence electrons. The molecule has 1 heterocycles. The molecule has 2 nitrogen and oxygen atoms in total. The largest absolute Gasteiger partial charge is 0.381 e. The van der Waals surface area contributed by atoms with Crippen molar-refractivity contribution < 1.29 is 4.74 Å². The summed E-state index contributed by atoms with van der Waals surface area (Å²) in [4.78, 5) is 0. The maximum atomic E-state index is 5.13. The van der Waals surface area contributed by atoms with E-state index in [0.717, 1.165) is 19.1 Å². The van der Waals surface area contributed by atoms with Gasteiger partial charge in [-0.15, -0.1) is 0 Å². The van der Waals surface area contributed by atoms with Gasteiger partial charge in [0.15, 0.2) is 0 Å². The van der Waals surface area contributed by atoms with Crippen molar-refractivity contribution in [2.24, 2.45) is 5.92 Å². The highest BCUT2D eigenvalue weighted by molar-refractivity contribution is 5.00. The third-order valence-electron chi connectivity index (χ3n) is 3.12. The first kappa shape index (κ1) is 7.56. The molecule has 2 aliphatic rings. The summed E-state index contributed by atoms with van der Waals surface area (Å²) in [5.41, 5.74) is 0.551. The molecule has 0 unspecified atom stereocenters. The van der Waals surface area contributed by atoms with Crippen LogP contribution in [0.1, 0.15) is 25.7 Å². The summed E-state index contributed by atoms with van der Waals surface area (Å²) in [6, 6.07) is 0. The molecule has 1 saturated heterocycles. The van der Waals surface area contributed by atoms with Gasteiger partial charge in [-0.3, -0.25) is 0 Å². The Labute approximate surface area is 68.3 Å². The molecular formula is C9H17NO. The second-order valence-corrected chi connectivity index (χ2v) is 3.97. The van der Waals surface area contributed by atoms with Crippen LogP contribution in [-0.4, -0.2) is 25.8 Å². The summed E-state index contributed by atoms with van der Waals surface area (Å²) in [6.07, 6.45) is 5.49. The lowest BCUT2D eigenvalue weighted by Crippen LogP contribution is -2.32. The van der Waals surface area contributed by atoms with E-state index >= 15 is 0 Å². The Morgan fingerprint density at radius 2 is 2.18 bits per heavy atom. The highest BCUT2D eigenvalue weighted by Crippen LogP contribution is 2.40. The smallest absolute Gasteiger partial charge is 0.0516 e. The molecule has 0 aromatic rings. The molecule has 1 N–H and O–H groups in total. The van der Waals surface area contributed by atoms with Crippen molar-refractivity contribution in [1.82, 2.24) is 5.32 Å². The van der Waals surface area contributed by atoms with Crippen LogP contribution >= 0.6 is 0 Å². The van der Waals surface area contributed by atoms with Crippen molar-refractivity contribution in [2.45, 2.75) is 31.2 Å². The van der Waals surface area contributed by atoms with Crippen LogP contribution in [0.2, 0.25) is 0 Å². The zero-order valence-electron chi connectivity index (χ0n) is 7.23. The van der Waals surface area contributed by atoms with E-state index in [1.165, 1.54) is 25.7 Å². The van der Waals surface area contributed by atoms with Gasteiger partial charge in [-0.05, 0) is 32.7 Å². The van der Waals surface area contributed by atoms with E-state index in [4.69, 9.17) is 4.74 Å². The molecule has 0 spiro atoms. The van der Waals surface area contributed by atoms with E-state index in [2.05, 4.69) is 12.4 Å². The first-order chi connectivity index (χ1) is 5.35. The minimum absolute atomic E-state index is 0.551. The molecule has 0 aromatic carbocycles. The molecule has 1 saturated carbocycles. The van der Waals surface area contributed by atoms with Crippen LogP contribution in [0.5, 0.6) is 0 Å². The van der Waals surface area contributed by atoms with Crippen LogP contribution in [-0.2, 0) is 4.74 Å². The average molecular weight is 155 g/mol. The van der Waals surface area contributed by atoms with E-state index in [1.807, 2.05) is 0 Å². The molecule has 0 aromatic heterocycles. The Bertz CT molecular complexity index is 138. The van der Waals surface area contributed by atoms with Crippen molar-refractivity contribution in [2.75, 3.05) is 20.3 Å². The number of nitrogens with one attached hydrogen (secondary N) is 1. The van der Waals surface area contributed by atoms with Crippen molar-refractivity contribution >= 4 is 0 Å². The zero-order chi connectivity index (χ0) is 7.73. The third-order valence-corrected chi connectivity index (χ3v) is 3.12. The molecule has 0 radical (unpaired) electrons. The second kappa shape index (κ2) is 2.76. The molecule has 1 aliphatic carbocycles. The normalized spacial score (nSPS) is 28.1. The van der Waals surface area contributed by atoms with Gasteiger partial charge in [0.25, 0.3) is 0 Å². The summed E-state index contributed by atoms with van der Waals surface area (Å²) >= 11 is 0. The van der Waals surface area contributed by atoms with Gasteiger partial charge in [-0.1, -0.05) is 0 Å². The summed E-state index contributed by atoms with van der Waals surface area (Å²) in [7, 11) is 2.09. The van der Waals surface area contributed by atoms with Crippen LogP contribution in [0.15, 0.2) is 0 Å². The number of hydrogen-bond acceptors (Lipinski definition) is 2. The molecule has 2 heteroatoms. The second-order valence-electron chi connectivity index (χ2n) is 3.97. The Morgan fingerprint density at radius 3 is 2.55 bits per heavy atom. The summed E-state index contributed by atoms with van der Waals surface area (Å²) < 4.78 is 5.13. The molecule has 0 amide bonds. The summed E-state index contributed by atoms with van der Waals surface area (Å²) in [5, 5.41) is 3.42. The maximum Gasteiger partial charge on any atom is 0.0516 e. The molecule has 0 atom stereocenters. The van der Waals surface area contributed by atoms with E-state index < -0.39 is 0 Å². The summed E-state index contributed by atoms with van der Waals surface area (Å²) in [6.45, 7) is 2.03. The van der Waals surface area contributed by atoms with E-state index in [9.17, 15) is 0 Å². The lowest BCUT2D eigenvalue weighted by molar-refractivity contribution is -0.0375. The summed E-state index contributed by atoms with van der Waals surface area (Å²) in [5.74, 6) is 0.876. The minimum Gasteiger partial charge on any atom is -0.381 e. The van der Waals surface area contributed by atoms with E-state index in [1.54, 1.807) is 0 Å². The number of ether oxygens (including phenoxy) is 1. The van der Waals surface area contributed by atoms with Crippen molar-refractivity contribution in [3.8, 4) is 0 Å². The van der Waals surface area contributed by atoms with Gasteiger partial charge in [-0.2, -0.15) is 0 Å². The predicted molar refractivity (Wildman–Crippen MR) is 44.6 cm³/mol. The zero-order valence-corrected chi connectivity index (χ0v) is 7.23. The van der Waals surface area contributed by atoms with Crippen molar-refractivity contribution in [3.63, 3.8) is 0 Å². The van der Waals surface area contributed by atoms with Gasteiger partial charge in [0.05, 0.1) is 13.2 Å². The monoisotopic (exact) mass is 155 g/mol. The molecule has 2 rings (SSSR count). The molecule has 2 fully saturated rings. The topological polar surface area (TPSA) is 21.3 Å². The highest BCUT2D eigenvalue weighted by atomic mass is 16.5.